The van der Waals surface area contributed by atoms with Gasteiger partial charge in [0.1, 0.15) is 4.88 Å². The van der Waals surface area contributed by atoms with Crippen molar-refractivity contribution in [1.29, 1.82) is 0 Å². The largest absolute Gasteiger partial charge is 0.477 e. The van der Waals surface area contributed by atoms with Gasteiger partial charge in [-0.15, -0.1) is 11.3 Å². The molecule has 0 aliphatic heterocycles. The van der Waals surface area contributed by atoms with Gasteiger partial charge in [-0.1, -0.05) is 0 Å². The molecule has 0 fully saturated rings. The summed E-state index contributed by atoms with van der Waals surface area (Å²) in [6, 6.07) is 0. The van der Waals surface area contributed by atoms with Gasteiger partial charge in [0, 0.05) is 13.5 Å². The molecule has 15 heavy (non-hydrogen) atoms. The number of aromatic nitrogens is 1. The van der Waals surface area contributed by atoms with Gasteiger partial charge in [0.05, 0.1) is 31.0 Å². The SMILES string of the molecule is COCCOCCc1ncc(C(=O)O)s1. The number of thiazole rings is 1. The zero-order valence-corrected chi connectivity index (χ0v) is 9.25. The Bertz CT molecular complexity index is 313. The van der Waals surface area contributed by atoms with Crippen LogP contribution in [0.1, 0.15) is 14.7 Å². The summed E-state index contributed by atoms with van der Waals surface area (Å²) in [5.74, 6) is -0.931. The van der Waals surface area contributed by atoms with Crippen molar-refractivity contribution in [2.24, 2.45) is 0 Å². The number of hydrogen-bond donors (Lipinski definition) is 1. The van der Waals surface area contributed by atoms with E-state index in [1.807, 2.05) is 0 Å². The van der Waals surface area contributed by atoms with Crippen LogP contribution in [0.2, 0.25) is 0 Å². The van der Waals surface area contributed by atoms with E-state index in [-0.39, 0.29) is 4.88 Å². The zero-order valence-electron chi connectivity index (χ0n) is 8.43. The van der Waals surface area contributed by atoms with Crippen molar-refractivity contribution in [1.82, 2.24) is 4.98 Å². The summed E-state index contributed by atoms with van der Waals surface area (Å²) < 4.78 is 10.1. The lowest BCUT2D eigenvalue weighted by molar-refractivity contribution is 0.0702. The number of carboxylic acids is 1. The van der Waals surface area contributed by atoms with Crippen LogP contribution in [-0.4, -0.2) is 43.0 Å². The van der Waals surface area contributed by atoms with Crippen LogP contribution >= 0.6 is 11.3 Å². The number of aromatic carboxylic acids is 1. The highest BCUT2D eigenvalue weighted by molar-refractivity contribution is 7.13. The Hall–Kier alpha value is -0.980. The van der Waals surface area contributed by atoms with Crippen molar-refractivity contribution in [3.63, 3.8) is 0 Å². The van der Waals surface area contributed by atoms with Gasteiger partial charge in [-0.3, -0.25) is 0 Å². The van der Waals surface area contributed by atoms with Crippen molar-refractivity contribution in [3.05, 3.63) is 16.1 Å². The molecule has 0 atom stereocenters. The second-order valence-corrected chi connectivity index (χ2v) is 3.89. The Morgan fingerprint density at radius 1 is 1.53 bits per heavy atom. The topological polar surface area (TPSA) is 68.7 Å². The predicted octanol–water partition coefficient (Wildman–Crippen LogP) is 1.05. The Morgan fingerprint density at radius 2 is 2.33 bits per heavy atom. The van der Waals surface area contributed by atoms with Crippen LogP contribution in [0.5, 0.6) is 0 Å². The van der Waals surface area contributed by atoms with E-state index in [4.69, 9.17) is 14.6 Å². The first-order valence-electron chi connectivity index (χ1n) is 4.48. The first-order valence-corrected chi connectivity index (χ1v) is 5.30. The minimum atomic E-state index is -0.931. The average molecular weight is 231 g/mol. The van der Waals surface area contributed by atoms with Crippen LogP contribution in [-0.2, 0) is 15.9 Å². The molecule has 0 aromatic carbocycles. The van der Waals surface area contributed by atoms with E-state index in [0.717, 1.165) is 5.01 Å². The van der Waals surface area contributed by atoms with Crippen LogP contribution < -0.4 is 0 Å². The second-order valence-electron chi connectivity index (χ2n) is 2.78. The molecule has 0 spiro atoms. The molecule has 1 heterocycles. The summed E-state index contributed by atoms with van der Waals surface area (Å²) in [5, 5.41) is 9.44. The normalized spacial score (nSPS) is 10.5. The summed E-state index contributed by atoms with van der Waals surface area (Å²) in [6.45, 7) is 1.65. The molecule has 1 aromatic rings. The molecule has 0 aliphatic rings. The van der Waals surface area contributed by atoms with Gasteiger partial charge in [0.15, 0.2) is 0 Å². The molecule has 5 nitrogen and oxygen atoms in total. The molecule has 0 unspecified atom stereocenters. The average Bonchev–Trinajstić information content (AvgIpc) is 2.66. The van der Waals surface area contributed by atoms with E-state index in [1.165, 1.54) is 17.5 Å². The number of methoxy groups -OCH3 is 1. The molecule has 0 amide bonds. The smallest absolute Gasteiger partial charge is 0.347 e. The maximum absolute atomic E-state index is 10.6. The highest BCUT2D eigenvalue weighted by Crippen LogP contribution is 2.13. The minimum absolute atomic E-state index is 0.266. The number of nitrogens with zero attached hydrogens (tertiary/aromatic N) is 1. The first kappa shape index (κ1) is 12.1. The van der Waals surface area contributed by atoms with Crippen molar-refractivity contribution >= 4 is 17.3 Å². The molecule has 0 radical (unpaired) electrons. The van der Waals surface area contributed by atoms with Crippen LogP contribution in [0.3, 0.4) is 0 Å². The molecular formula is C9H13NO4S. The third-order valence-electron chi connectivity index (χ3n) is 1.66. The van der Waals surface area contributed by atoms with Gasteiger partial charge in [-0.2, -0.15) is 0 Å². The van der Waals surface area contributed by atoms with E-state index in [2.05, 4.69) is 4.98 Å². The number of rotatable bonds is 7. The van der Waals surface area contributed by atoms with Crippen molar-refractivity contribution < 1.29 is 19.4 Å². The molecule has 1 N–H and O–H groups in total. The number of hydrogen-bond acceptors (Lipinski definition) is 5. The maximum Gasteiger partial charge on any atom is 0.347 e. The third-order valence-corrected chi connectivity index (χ3v) is 2.70. The van der Waals surface area contributed by atoms with Crippen LogP contribution in [0.4, 0.5) is 0 Å². The molecule has 0 bridgehead atoms. The predicted molar refractivity (Wildman–Crippen MR) is 55.5 cm³/mol. The second kappa shape index (κ2) is 6.49. The molecule has 1 rings (SSSR count). The van der Waals surface area contributed by atoms with Gasteiger partial charge < -0.3 is 14.6 Å². The summed E-state index contributed by atoms with van der Waals surface area (Å²) in [4.78, 5) is 14.8. The first-order chi connectivity index (χ1) is 7.24. The molecule has 6 heteroatoms. The summed E-state index contributed by atoms with van der Waals surface area (Å²) >= 11 is 1.18. The number of ether oxygens (including phenoxy) is 2. The van der Waals surface area contributed by atoms with Crippen LogP contribution in [0, 0.1) is 0 Å². The van der Waals surface area contributed by atoms with E-state index >= 15 is 0 Å². The third kappa shape index (κ3) is 4.37. The van der Waals surface area contributed by atoms with Gasteiger partial charge in [0.25, 0.3) is 0 Å². The molecule has 84 valence electrons. The standard InChI is InChI=1S/C9H13NO4S/c1-13-4-5-14-3-2-8-10-6-7(15-8)9(11)12/h6H,2-5H2,1H3,(H,11,12). The lowest BCUT2D eigenvalue weighted by Gasteiger charge is -2.00. The van der Waals surface area contributed by atoms with E-state index in [9.17, 15) is 4.79 Å². The highest BCUT2D eigenvalue weighted by atomic mass is 32.1. The van der Waals surface area contributed by atoms with Gasteiger partial charge >= 0.3 is 5.97 Å². The van der Waals surface area contributed by atoms with Gasteiger partial charge in [0.2, 0.25) is 0 Å². The van der Waals surface area contributed by atoms with Crippen LogP contribution in [0.15, 0.2) is 6.20 Å². The fourth-order valence-electron chi connectivity index (χ4n) is 0.929. The number of carboxylic acid groups (broad SMARTS) is 1. The molecular weight excluding hydrogens is 218 g/mol. The quantitative estimate of drug-likeness (QED) is 0.710. The highest BCUT2D eigenvalue weighted by Gasteiger charge is 2.07. The Labute approximate surface area is 91.7 Å². The van der Waals surface area contributed by atoms with E-state index in [0.29, 0.717) is 26.2 Å². The fourth-order valence-corrected chi connectivity index (χ4v) is 1.67. The summed E-state index contributed by atoms with van der Waals surface area (Å²) in [6.07, 6.45) is 2.01. The Morgan fingerprint density at radius 3 is 2.93 bits per heavy atom. The number of carbonyl (C=O) groups is 1. The van der Waals surface area contributed by atoms with Gasteiger partial charge in [-0.25, -0.2) is 9.78 Å². The van der Waals surface area contributed by atoms with Gasteiger partial charge in [-0.05, 0) is 0 Å². The lowest BCUT2D eigenvalue weighted by atomic mass is 10.5. The fraction of sp³-hybridized carbons (Fsp3) is 0.556. The summed E-state index contributed by atoms with van der Waals surface area (Å²) in [7, 11) is 1.61. The Balaban J connectivity index is 2.23. The van der Waals surface area contributed by atoms with Crippen molar-refractivity contribution in [2.75, 3.05) is 26.9 Å². The molecule has 0 saturated carbocycles. The Kier molecular flexibility index (Phi) is 5.23. The summed E-state index contributed by atoms with van der Waals surface area (Å²) in [5.41, 5.74) is 0. The van der Waals surface area contributed by atoms with E-state index in [1.54, 1.807) is 7.11 Å². The molecule has 1 aromatic heterocycles. The van der Waals surface area contributed by atoms with Crippen molar-refractivity contribution in [2.45, 2.75) is 6.42 Å². The van der Waals surface area contributed by atoms with E-state index < -0.39 is 5.97 Å². The van der Waals surface area contributed by atoms with Crippen molar-refractivity contribution in [3.8, 4) is 0 Å². The molecule has 0 aliphatic carbocycles. The zero-order chi connectivity index (χ0) is 11.1. The lowest BCUT2D eigenvalue weighted by Crippen LogP contribution is -2.04. The van der Waals surface area contributed by atoms with Crippen LogP contribution in [0.25, 0.3) is 0 Å². The minimum Gasteiger partial charge on any atom is -0.477 e. The maximum atomic E-state index is 10.6. The monoisotopic (exact) mass is 231 g/mol. The molecule has 0 saturated heterocycles.